The van der Waals surface area contributed by atoms with Crippen LogP contribution in [0.2, 0.25) is 0 Å². The lowest BCUT2D eigenvalue weighted by molar-refractivity contribution is -0.155. The summed E-state index contributed by atoms with van der Waals surface area (Å²) < 4.78 is 20.5. The lowest BCUT2D eigenvalue weighted by atomic mass is 9.84. The van der Waals surface area contributed by atoms with Crippen LogP contribution in [0.1, 0.15) is 90.6 Å². The molecule has 6 bridgehead atoms. The number of pyridine rings is 1. The molecule has 16 heteroatoms. The van der Waals surface area contributed by atoms with Crippen molar-refractivity contribution in [1.29, 1.82) is 0 Å². The molecule has 0 aliphatic carbocycles. The van der Waals surface area contributed by atoms with Crippen LogP contribution < -0.4 is 10.7 Å². The largest absolute Gasteiger partial charge is 0.464 e. The maximum atomic E-state index is 14.6. The minimum absolute atomic E-state index is 0.115. The third-order valence-corrected chi connectivity index (χ3v) is 14.4. The SMILES string of the molecule is CCn1c(-c2cccnc2[C@H](C)OC)c2c3cc(ccc31)-c1csc(n1)C[C@H](NC(=O)C(COC1CN(C(=O)C#CC(C)(C)N(C)C)C1)C(C)C)C(=O)N1CCC[C@H](N1)C(=O)OCC(C)(C)C2. The summed E-state index contributed by atoms with van der Waals surface area (Å²) in [7, 11) is 5.53. The van der Waals surface area contributed by atoms with Gasteiger partial charge < -0.3 is 29.0 Å². The molecule has 4 aromatic rings. The van der Waals surface area contributed by atoms with Gasteiger partial charge in [-0.2, -0.15) is 0 Å². The van der Waals surface area contributed by atoms with Gasteiger partial charge in [0.2, 0.25) is 5.91 Å². The van der Waals surface area contributed by atoms with Crippen LogP contribution in [0.3, 0.4) is 0 Å². The quantitative estimate of drug-likeness (QED) is 0.133. The summed E-state index contributed by atoms with van der Waals surface area (Å²) in [5.74, 6) is 3.73. The van der Waals surface area contributed by atoms with Gasteiger partial charge in [0, 0.05) is 78.7 Å². The van der Waals surface area contributed by atoms with Crippen molar-refractivity contribution < 1.29 is 33.4 Å². The van der Waals surface area contributed by atoms with E-state index in [4.69, 9.17) is 24.2 Å². The number of likely N-dealkylation sites (tertiary alicyclic amines) is 1. The molecule has 2 saturated heterocycles. The molecule has 3 aliphatic rings. The maximum absolute atomic E-state index is 14.6. The van der Waals surface area contributed by atoms with Crippen molar-refractivity contribution in [2.45, 2.75) is 117 Å². The second-order valence-electron chi connectivity index (χ2n) is 20.0. The van der Waals surface area contributed by atoms with E-state index in [2.05, 4.69) is 72.2 Å². The number of thiazole rings is 1. The van der Waals surface area contributed by atoms with E-state index < -0.39 is 34.9 Å². The Morgan fingerprint density at radius 3 is 2.61 bits per heavy atom. The number of carbonyl (C=O) groups is 4. The second-order valence-corrected chi connectivity index (χ2v) is 20.9. The number of amides is 3. The van der Waals surface area contributed by atoms with Gasteiger partial charge in [0.25, 0.3) is 11.8 Å². The normalized spacial score (nSPS) is 20.2. The first-order chi connectivity index (χ1) is 31.8. The van der Waals surface area contributed by atoms with Gasteiger partial charge in [-0.25, -0.2) is 10.4 Å². The Bertz CT molecular complexity index is 2530. The first-order valence-electron chi connectivity index (χ1n) is 23.5. The molecule has 0 radical (unpaired) electrons. The number of nitrogens with zero attached hydrogens (tertiary/aromatic N) is 6. The number of hydrazine groups is 1. The molecule has 1 unspecified atom stereocenters. The average molecular weight is 937 g/mol. The average Bonchev–Trinajstić information content (AvgIpc) is 3.88. The number of ether oxygens (including phenoxy) is 3. The van der Waals surface area contributed by atoms with Gasteiger partial charge in [-0.05, 0) is 103 Å². The highest BCUT2D eigenvalue weighted by atomic mass is 32.1. The molecule has 4 atom stereocenters. The summed E-state index contributed by atoms with van der Waals surface area (Å²) in [4.78, 5) is 69.0. The number of aryl methyl sites for hydroxylation is 1. The van der Waals surface area contributed by atoms with E-state index in [1.807, 2.05) is 65.1 Å². The molecule has 67 heavy (non-hydrogen) atoms. The van der Waals surface area contributed by atoms with Crippen molar-refractivity contribution >= 4 is 45.9 Å². The van der Waals surface area contributed by atoms with Crippen LogP contribution >= 0.6 is 11.3 Å². The van der Waals surface area contributed by atoms with Crippen LogP contribution in [-0.2, 0) is 52.8 Å². The molecule has 6 heterocycles. The molecule has 1 aromatic carbocycles. The van der Waals surface area contributed by atoms with E-state index in [0.717, 1.165) is 44.7 Å². The van der Waals surface area contributed by atoms with E-state index in [9.17, 15) is 19.2 Å². The molecule has 3 aliphatic heterocycles. The molecule has 3 aromatic heterocycles. The number of methoxy groups -OCH3 is 1. The fourth-order valence-electron chi connectivity index (χ4n) is 8.76. The van der Waals surface area contributed by atoms with Gasteiger partial charge >= 0.3 is 5.97 Å². The lowest BCUT2D eigenvalue weighted by Gasteiger charge is -2.38. The standard InChI is InChI=1S/C51H68N8O7S/c1-12-58-42-18-17-33-23-36(42)37(46(58)35-15-13-21-52-45(35)32(4)64-11)25-50(5,6)30-66-49(63)39-16-14-22-59(55-39)48(62)40(24-43-53-41(33)29-67-43)54-47(61)38(31(2)3)28-65-34-26-57(27-34)44(60)19-20-51(7,8)56(9)10/h13,15,17-18,21,23,29,31-32,34,38-40,55H,12,14,16,22,24-28,30H2,1-11H3,(H,54,61)/t32-,38?,39-,40-/m0/s1. The number of hydrogen-bond acceptors (Lipinski definition) is 12. The van der Waals surface area contributed by atoms with Crippen molar-refractivity contribution in [3.05, 3.63) is 58.2 Å². The lowest BCUT2D eigenvalue weighted by Crippen LogP contribution is -2.61. The van der Waals surface area contributed by atoms with E-state index in [-0.39, 0.29) is 55.5 Å². The van der Waals surface area contributed by atoms with Gasteiger partial charge in [-0.1, -0.05) is 39.7 Å². The number of fused-ring (bicyclic) bond motifs is 6. The van der Waals surface area contributed by atoms with E-state index in [1.54, 1.807) is 18.2 Å². The molecule has 2 N–H and O–H groups in total. The Morgan fingerprint density at radius 2 is 1.91 bits per heavy atom. The minimum atomic E-state index is -0.993. The van der Waals surface area contributed by atoms with Crippen LogP contribution in [0.4, 0.5) is 0 Å². The van der Waals surface area contributed by atoms with E-state index in [0.29, 0.717) is 50.4 Å². The molecular weight excluding hydrogens is 869 g/mol. The molecule has 0 spiro atoms. The van der Waals surface area contributed by atoms with Crippen molar-refractivity contribution in [3.8, 4) is 34.4 Å². The monoisotopic (exact) mass is 936 g/mol. The maximum Gasteiger partial charge on any atom is 0.324 e. The fraction of sp³-hybridized carbons (Fsp3) is 0.569. The van der Waals surface area contributed by atoms with Gasteiger partial charge in [-0.15, -0.1) is 11.3 Å². The highest BCUT2D eigenvalue weighted by Gasteiger charge is 2.38. The Labute approximate surface area is 399 Å². The van der Waals surface area contributed by atoms with Gasteiger partial charge in [-0.3, -0.25) is 34.1 Å². The number of aromatic nitrogens is 3. The minimum Gasteiger partial charge on any atom is -0.464 e. The van der Waals surface area contributed by atoms with Gasteiger partial charge in [0.05, 0.1) is 59.0 Å². The Hall–Kier alpha value is -5.18. The third-order valence-electron chi connectivity index (χ3n) is 13.5. The number of esters is 1. The fourth-order valence-corrected chi connectivity index (χ4v) is 9.61. The summed E-state index contributed by atoms with van der Waals surface area (Å²) >= 11 is 1.44. The van der Waals surface area contributed by atoms with Crippen molar-refractivity contribution in [1.82, 2.24) is 40.1 Å². The number of hydrogen-bond donors (Lipinski definition) is 2. The molecule has 0 saturated carbocycles. The Morgan fingerprint density at radius 1 is 1.15 bits per heavy atom. The van der Waals surface area contributed by atoms with Crippen LogP contribution in [0.5, 0.6) is 0 Å². The highest BCUT2D eigenvalue weighted by Crippen LogP contribution is 2.42. The summed E-state index contributed by atoms with van der Waals surface area (Å²) in [6.07, 6.45) is 3.11. The number of rotatable bonds is 11. The van der Waals surface area contributed by atoms with Gasteiger partial charge in [0.1, 0.15) is 12.1 Å². The number of cyclic esters (lactones) is 1. The van der Waals surface area contributed by atoms with Crippen molar-refractivity contribution in [2.75, 3.05) is 54.1 Å². The summed E-state index contributed by atoms with van der Waals surface area (Å²) in [5, 5.41) is 8.29. The van der Waals surface area contributed by atoms with Crippen molar-refractivity contribution in [2.24, 2.45) is 17.3 Å². The first kappa shape index (κ1) is 49.7. The van der Waals surface area contributed by atoms with Crippen molar-refractivity contribution in [3.63, 3.8) is 0 Å². The van der Waals surface area contributed by atoms with Crippen LogP contribution in [0.25, 0.3) is 33.4 Å². The molecule has 7 rings (SSSR count). The summed E-state index contributed by atoms with van der Waals surface area (Å²) in [6.45, 7) is 18.3. The first-order valence-corrected chi connectivity index (χ1v) is 24.4. The zero-order valence-corrected chi connectivity index (χ0v) is 41.8. The zero-order valence-electron chi connectivity index (χ0n) is 41.0. The predicted molar refractivity (Wildman–Crippen MR) is 260 cm³/mol. The number of nitrogens with one attached hydrogen (secondary N) is 2. The summed E-state index contributed by atoms with van der Waals surface area (Å²) in [5.41, 5.74) is 8.97. The topological polar surface area (TPSA) is 160 Å². The second kappa shape index (κ2) is 20.6. The van der Waals surface area contributed by atoms with Gasteiger partial charge in [0.15, 0.2) is 0 Å². The zero-order chi connectivity index (χ0) is 48.4. The smallest absolute Gasteiger partial charge is 0.324 e. The Balaban J connectivity index is 1.18. The molecule has 360 valence electrons. The summed E-state index contributed by atoms with van der Waals surface area (Å²) in [6, 6.07) is 8.73. The van der Waals surface area contributed by atoms with Crippen LogP contribution in [0.15, 0.2) is 41.9 Å². The van der Waals surface area contributed by atoms with E-state index >= 15 is 0 Å². The highest BCUT2D eigenvalue weighted by molar-refractivity contribution is 7.10. The predicted octanol–water partition coefficient (Wildman–Crippen LogP) is 6.05. The number of carbonyl (C=O) groups excluding carboxylic acids is 4. The molecule has 3 amide bonds. The Kier molecular flexibility index (Phi) is 15.3. The van der Waals surface area contributed by atoms with Crippen LogP contribution in [0, 0.1) is 29.1 Å². The van der Waals surface area contributed by atoms with Crippen LogP contribution in [-0.4, -0.2) is 131 Å². The number of benzene rings is 1. The molecule has 15 nitrogen and oxygen atoms in total. The molecular formula is C51H68N8O7S. The molecule has 2 fully saturated rings. The van der Waals surface area contributed by atoms with E-state index in [1.165, 1.54) is 16.3 Å². The third kappa shape index (κ3) is 11.1.